The first-order valence-corrected chi connectivity index (χ1v) is 9.27. The Hall–Kier alpha value is -4.45. The molecule has 1 atom stereocenters. The van der Waals surface area contributed by atoms with Gasteiger partial charge in [-0.05, 0) is 31.2 Å². The van der Waals surface area contributed by atoms with Crippen LogP contribution in [0.2, 0.25) is 0 Å². The van der Waals surface area contributed by atoms with Crippen molar-refractivity contribution in [2.24, 2.45) is 0 Å². The van der Waals surface area contributed by atoms with Crippen LogP contribution in [0.3, 0.4) is 0 Å². The lowest BCUT2D eigenvalue weighted by Crippen LogP contribution is -2.44. The summed E-state index contributed by atoms with van der Waals surface area (Å²) in [4.78, 5) is 50.4. The number of para-hydroxylation sites is 1. The molecule has 3 aromatic rings. The number of nitrogens with one attached hydrogen (secondary N) is 1. The smallest absolute Gasteiger partial charge is 0.329 e. The van der Waals surface area contributed by atoms with E-state index in [9.17, 15) is 24.4 Å². The quantitative estimate of drug-likeness (QED) is 0.498. The highest BCUT2D eigenvalue weighted by atomic mass is 16.5. The lowest BCUT2D eigenvalue weighted by atomic mass is 10.1. The monoisotopic (exact) mass is 417 g/mol. The molecule has 9 heteroatoms. The first-order chi connectivity index (χ1) is 14.9. The van der Waals surface area contributed by atoms with Gasteiger partial charge < -0.3 is 14.5 Å². The molecule has 1 aliphatic rings. The van der Waals surface area contributed by atoms with Crippen molar-refractivity contribution in [1.82, 2.24) is 4.90 Å². The zero-order chi connectivity index (χ0) is 22.1. The van der Waals surface area contributed by atoms with E-state index in [4.69, 9.17) is 9.15 Å². The fourth-order valence-electron chi connectivity index (χ4n) is 3.35. The number of benzene rings is 2. The standard InChI is InChI=1S/C22H15N3O6/c1-12(25-20(27)13-6-2-3-7-14(13)21(25)28)22(29)30-11-18(26)24-19-15-8-4-5-9-16(15)31-17(19)10-23/h2-9,12H,11H2,1H3,(H,24,26)/t12-/m0/s1. The van der Waals surface area contributed by atoms with Gasteiger partial charge in [-0.3, -0.25) is 19.3 Å². The molecule has 0 spiro atoms. The first-order valence-electron chi connectivity index (χ1n) is 9.27. The number of furan rings is 1. The molecule has 0 bridgehead atoms. The molecule has 154 valence electrons. The summed E-state index contributed by atoms with van der Waals surface area (Å²) in [5.41, 5.74) is 1.01. The first kappa shape index (κ1) is 19.8. The molecule has 2 heterocycles. The predicted octanol–water partition coefficient (Wildman–Crippen LogP) is 2.47. The van der Waals surface area contributed by atoms with E-state index in [-0.39, 0.29) is 22.6 Å². The summed E-state index contributed by atoms with van der Waals surface area (Å²) >= 11 is 0. The third kappa shape index (κ3) is 3.40. The maximum Gasteiger partial charge on any atom is 0.329 e. The van der Waals surface area contributed by atoms with Crippen LogP contribution >= 0.6 is 0 Å². The van der Waals surface area contributed by atoms with Crippen LogP contribution in [0.4, 0.5) is 5.69 Å². The number of rotatable bonds is 5. The van der Waals surface area contributed by atoms with Gasteiger partial charge in [-0.1, -0.05) is 24.3 Å². The van der Waals surface area contributed by atoms with E-state index in [1.165, 1.54) is 19.1 Å². The number of carbonyl (C=O) groups excluding carboxylic acids is 4. The van der Waals surface area contributed by atoms with Gasteiger partial charge in [0.05, 0.1) is 11.1 Å². The molecule has 1 aliphatic heterocycles. The number of imide groups is 1. The number of hydrogen-bond acceptors (Lipinski definition) is 7. The van der Waals surface area contributed by atoms with Crippen LogP contribution in [0.5, 0.6) is 0 Å². The molecule has 1 N–H and O–H groups in total. The predicted molar refractivity (Wildman–Crippen MR) is 107 cm³/mol. The van der Waals surface area contributed by atoms with Crippen LogP contribution in [-0.4, -0.2) is 41.2 Å². The fourth-order valence-corrected chi connectivity index (χ4v) is 3.35. The number of hydrogen-bond donors (Lipinski definition) is 1. The van der Waals surface area contributed by atoms with Gasteiger partial charge in [-0.15, -0.1) is 0 Å². The number of amides is 3. The van der Waals surface area contributed by atoms with Crippen LogP contribution in [0, 0.1) is 11.3 Å². The minimum absolute atomic E-state index is 0.0831. The van der Waals surface area contributed by atoms with Gasteiger partial charge in [0.2, 0.25) is 5.76 Å². The highest BCUT2D eigenvalue weighted by Gasteiger charge is 2.41. The Labute approximate surface area is 175 Å². The summed E-state index contributed by atoms with van der Waals surface area (Å²) < 4.78 is 10.4. The van der Waals surface area contributed by atoms with E-state index in [1.54, 1.807) is 36.4 Å². The maximum atomic E-state index is 12.5. The highest BCUT2D eigenvalue weighted by molar-refractivity contribution is 6.22. The van der Waals surface area contributed by atoms with Crippen LogP contribution in [0.15, 0.2) is 52.9 Å². The summed E-state index contributed by atoms with van der Waals surface area (Å²) in [6.45, 7) is 0.677. The topological polar surface area (TPSA) is 130 Å². The molecule has 0 unspecified atom stereocenters. The average molecular weight is 417 g/mol. The number of nitriles is 1. The Morgan fingerprint density at radius 3 is 2.35 bits per heavy atom. The van der Waals surface area contributed by atoms with E-state index < -0.39 is 36.3 Å². The van der Waals surface area contributed by atoms with Crippen molar-refractivity contribution in [3.8, 4) is 6.07 Å². The Bertz CT molecular complexity index is 1250. The Morgan fingerprint density at radius 1 is 1.10 bits per heavy atom. The summed E-state index contributed by atoms with van der Waals surface area (Å²) in [5, 5.41) is 12.2. The van der Waals surface area contributed by atoms with Gasteiger partial charge in [0, 0.05) is 5.39 Å². The molecule has 9 nitrogen and oxygen atoms in total. The van der Waals surface area contributed by atoms with Crippen LogP contribution in [-0.2, 0) is 14.3 Å². The largest absolute Gasteiger partial charge is 0.454 e. The zero-order valence-corrected chi connectivity index (χ0v) is 16.2. The SMILES string of the molecule is C[C@@H](C(=O)OCC(=O)Nc1c(C#N)oc2ccccc12)N1C(=O)c2ccccc2C1=O. The lowest BCUT2D eigenvalue weighted by Gasteiger charge is -2.20. The van der Waals surface area contributed by atoms with Crippen molar-refractivity contribution in [3.05, 3.63) is 65.4 Å². The van der Waals surface area contributed by atoms with Crippen molar-refractivity contribution < 1.29 is 28.3 Å². The normalized spacial score (nSPS) is 13.6. The third-order valence-corrected chi connectivity index (χ3v) is 4.86. The molecular weight excluding hydrogens is 402 g/mol. The molecular formula is C22H15N3O6. The number of nitrogens with zero attached hydrogens (tertiary/aromatic N) is 2. The minimum atomic E-state index is -1.22. The zero-order valence-electron chi connectivity index (χ0n) is 16.2. The molecule has 0 saturated carbocycles. The number of fused-ring (bicyclic) bond motifs is 2. The number of esters is 1. The Morgan fingerprint density at radius 2 is 1.71 bits per heavy atom. The molecule has 0 radical (unpaired) electrons. The summed E-state index contributed by atoms with van der Waals surface area (Å²) in [6, 6.07) is 13.7. The van der Waals surface area contributed by atoms with Gasteiger partial charge >= 0.3 is 5.97 Å². The Kier molecular flexibility index (Phi) is 4.97. The van der Waals surface area contributed by atoms with Crippen LogP contribution in [0.25, 0.3) is 11.0 Å². The molecule has 3 amide bonds. The molecule has 1 aromatic heterocycles. The average Bonchev–Trinajstić information content (AvgIpc) is 3.26. The van der Waals surface area contributed by atoms with E-state index in [2.05, 4.69) is 5.32 Å². The molecule has 2 aromatic carbocycles. The second-order valence-electron chi connectivity index (χ2n) is 6.77. The second kappa shape index (κ2) is 7.76. The van der Waals surface area contributed by atoms with Gasteiger partial charge in [0.15, 0.2) is 6.61 Å². The molecule has 0 aliphatic carbocycles. The number of anilines is 1. The van der Waals surface area contributed by atoms with Crippen molar-refractivity contribution in [2.75, 3.05) is 11.9 Å². The fraction of sp³-hybridized carbons (Fsp3) is 0.136. The van der Waals surface area contributed by atoms with Crippen molar-refractivity contribution >= 4 is 40.3 Å². The van der Waals surface area contributed by atoms with Crippen molar-refractivity contribution in [2.45, 2.75) is 13.0 Å². The number of carbonyl (C=O) groups is 4. The van der Waals surface area contributed by atoms with Gasteiger partial charge in [0.25, 0.3) is 17.7 Å². The summed E-state index contributed by atoms with van der Waals surface area (Å²) in [5.74, 6) is -2.90. The molecule has 0 fully saturated rings. The van der Waals surface area contributed by atoms with Gasteiger partial charge in [-0.2, -0.15) is 5.26 Å². The third-order valence-electron chi connectivity index (χ3n) is 4.86. The molecule has 0 saturated heterocycles. The molecule has 4 rings (SSSR count). The number of ether oxygens (including phenoxy) is 1. The van der Waals surface area contributed by atoms with Crippen molar-refractivity contribution in [3.63, 3.8) is 0 Å². The van der Waals surface area contributed by atoms with E-state index >= 15 is 0 Å². The summed E-state index contributed by atoms with van der Waals surface area (Å²) in [7, 11) is 0. The van der Waals surface area contributed by atoms with Crippen LogP contribution < -0.4 is 5.32 Å². The van der Waals surface area contributed by atoms with E-state index in [0.29, 0.717) is 11.0 Å². The van der Waals surface area contributed by atoms with E-state index in [1.807, 2.05) is 6.07 Å². The Balaban J connectivity index is 1.42. The van der Waals surface area contributed by atoms with E-state index in [0.717, 1.165) is 4.90 Å². The van der Waals surface area contributed by atoms with Crippen LogP contribution in [0.1, 0.15) is 33.4 Å². The minimum Gasteiger partial charge on any atom is -0.454 e. The summed E-state index contributed by atoms with van der Waals surface area (Å²) in [6.07, 6.45) is 0. The van der Waals surface area contributed by atoms with Gasteiger partial charge in [-0.25, -0.2) is 4.79 Å². The highest BCUT2D eigenvalue weighted by Crippen LogP contribution is 2.30. The second-order valence-corrected chi connectivity index (χ2v) is 6.77. The van der Waals surface area contributed by atoms with Gasteiger partial charge in [0.1, 0.15) is 23.4 Å². The maximum absolute atomic E-state index is 12.5. The lowest BCUT2D eigenvalue weighted by molar-refractivity contribution is -0.150. The molecule has 31 heavy (non-hydrogen) atoms. The van der Waals surface area contributed by atoms with Crippen molar-refractivity contribution in [1.29, 1.82) is 5.26 Å².